The van der Waals surface area contributed by atoms with E-state index in [9.17, 15) is 14.7 Å². The molecule has 5 N–H and O–H groups in total. The van der Waals surface area contributed by atoms with Crippen molar-refractivity contribution in [1.29, 1.82) is 0 Å². The number of ether oxygens (including phenoxy) is 1. The number of aromatic nitrogens is 1. The molecule has 2 aliphatic rings. The number of β-amino-alcohol motifs (C(OH)–C–C–N with tert-alkyl or cyclic N) is 1. The highest BCUT2D eigenvalue weighted by atomic mass is 16.5. The molecule has 1 aliphatic carbocycles. The first-order valence-electron chi connectivity index (χ1n) is 14.8. The molecule has 10 nitrogen and oxygen atoms in total. The number of nitrogens with zero attached hydrogens (tertiary/aromatic N) is 2. The zero-order chi connectivity index (χ0) is 29.5. The second kappa shape index (κ2) is 13.7. The van der Waals surface area contributed by atoms with Gasteiger partial charge in [0.05, 0.1) is 18.0 Å². The van der Waals surface area contributed by atoms with Crippen molar-refractivity contribution in [3.05, 3.63) is 65.9 Å². The molecule has 2 aromatic carbocycles. The molecule has 1 aromatic heterocycles. The minimum atomic E-state index is -0.190. The van der Waals surface area contributed by atoms with Gasteiger partial charge in [0.1, 0.15) is 17.3 Å². The molecular formula is C32H40N6O4. The summed E-state index contributed by atoms with van der Waals surface area (Å²) in [6, 6.07) is 15.4. The lowest BCUT2D eigenvalue weighted by atomic mass is 9.89. The minimum absolute atomic E-state index is 0.0589. The van der Waals surface area contributed by atoms with Crippen LogP contribution in [0.1, 0.15) is 56.1 Å². The van der Waals surface area contributed by atoms with Gasteiger partial charge in [-0.2, -0.15) is 0 Å². The van der Waals surface area contributed by atoms with Crippen LogP contribution in [0.2, 0.25) is 0 Å². The van der Waals surface area contributed by atoms with Gasteiger partial charge in [-0.25, -0.2) is 9.78 Å². The summed E-state index contributed by atoms with van der Waals surface area (Å²) < 4.78 is 6.11. The fraction of sp³-hybridized carbons (Fsp3) is 0.406. The molecule has 3 amide bonds. The predicted molar refractivity (Wildman–Crippen MR) is 165 cm³/mol. The Hall–Kier alpha value is -4.15. The highest BCUT2D eigenvalue weighted by Gasteiger charge is 2.24. The van der Waals surface area contributed by atoms with Crippen LogP contribution < -0.4 is 26.0 Å². The zero-order valence-corrected chi connectivity index (χ0v) is 24.3. The molecule has 1 saturated heterocycles. The lowest BCUT2D eigenvalue weighted by Gasteiger charge is -2.32. The summed E-state index contributed by atoms with van der Waals surface area (Å²) in [6.45, 7) is 6.55. The van der Waals surface area contributed by atoms with Crippen molar-refractivity contribution in [3.63, 3.8) is 0 Å². The molecule has 0 radical (unpaired) electrons. The first-order chi connectivity index (χ1) is 20.4. The lowest BCUT2D eigenvalue weighted by molar-refractivity contribution is -0.115. The van der Waals surface area contributed by atoms with E-state index in [2.05, 4.69) is 43.3 Å². The topological polar surface area (TPSA) is 128 Å². The van der Waals surface area contributed by atoms with Gasteiger partial charge in [-0.15, -0.1) is 0 Å². The van der Waals surface area contributed by atoms with Crippen LogP contribution in [0.3, 0.4) is 0 Å². The Morgan fingerprint density at radius 3 is 2.43 bits per heavy atom. The fourth-order valence-electron chi connectivity index (χ4n) is 5.13. The van der Waals surface area contributed by atoms with Crippen molar-refractivity contribution in [2.75, 3.05) is 42.2 Å². The van der Waals surface area contributed by atoms with Gasteiger partial charge in [-0.3, -0.25) is 4.79 Å². The Balaban J connectivity index is 1.27. The van der Waals surface area contributed by atoms with E-state index in [4.69, 9.17) is 4.74 Å². The quantitative estimate of drug-likeness (QED) is 0.199. The zero-order valence-electron chi connectivity index (χ0n) is 24.3. The number of aliphatic hydroxyl groups excluding tert-OH is 1. The number of aliphatic hydroxyl groups is 1. The SMILES string of the molecule is CCC(=O)Nc1cc(C2CCN(CCO)CC2)ccc1Nc1cc(Oc2ccc(NC(=O)NC3CC3)c(C)c2)ccn1. The van der Waals surface area contributed by atoms with Gasteiger partial charge in [0.25, 0.3) is 0 Å². The number of urea groups is 1. The van der Waals surface area contributed by atoms with Gasteiger partial charge in [-0.1, -0.05) is 13.0 Å². The normalized spacial score (nSPS) is 15.6. The lowest BCUT2D eigenvalue weighted by Crippen LogP contribution is -2.34. The molecule has 3 aromatic rings. The van der Waals surface area contributed by atoms with Gasteiger partial charge < -0.3 is 36.0 Å². The molecule has 5 rings (SSSR count). The first-order valence-corrected chi connectivity index (χ1v) is 14.8. The highest BCUT2D eigenvalue weighted by Crippen LogP contribution is 2.35. The monoisotopic (exact) mass is 572 g/mol. The summed E-state index contributed by atoms with van der Waals surface area (Å²) in [7, 11) is 0. The molecular weight excluding hydrogens is 532 g/mol. The van der Waals surface area contributed by atoms with E-state index < -0.39 is 0 Å². The van der Waals surface area contributed by atoms with E-state index in [1.807, 2.05) is 38.1 Å². The molecule has 0 atom stereocenters. The molecule has 1 aliphatic heterocycles. The average molecular weight is 573 g/mol. The van der Waals surface area contributed by atoms with Gasteiger partial charge in [0, 0.05) is 37.0 Å². The molecule has 0 spiro atoms. The third-order valence-electron chi connectivity index (χ3n) is 7.70. The van der Waals surface area contributed by atoms with Crippen LogP contribution in [0, 0.1) is 6.92 Å². The number of hydrogen-bond acceptors (Lipinski definition) is 7. The first kappa shape index (κ1) is 29.3. The molecule has 1 saturated carbocycles. The number of anilines is 4. The van der Waals surface area contributed by atoms with E-state index >= 15 is 0 Å². The summed E-state index contributed by atoms with van der Waals surface area (Å²) >= 11 is 0. The van der Waals surface area contributed by atoms with Crippen molar-refractivity contribution in [1.82, 2.24) is 15.2 Å². The largest absolute Gasteiger partial charge is 0.457 e. The number of hydrogen-bond donors (Lipinski definition) is 5. The number of carbonyl (C=O) groups is 2. The number of rotatable bonds is 11. The maximum atomic E-state index is 12.4. The van der Waals surface area contributed by atoms with Crippen molar-refractivity contribution in [2.24, 2.45) is 0 Å². The summed E-state index contributed by atoms with van der Waals surface area (Å²) in [5.41, 5.74) is 4.28. The van der Waals surface area contributed by atoms with Crippen LogP contribution in [0.25, 0.3) is 0 Å². The average Bonchev–Trinajstić information content (AvgIpc) is 3.80. The second-order valence-electron chi connectivity index (χ2n) is 11.0. The summed E-state index contributed by atoms with van der Waals surface area (Å²) in [5.74, 6) is 2.17. The van der Waals surface area contributed by atoms with Crippen LogP contribution >= 0.6 is 0 Å². The number of piperidine rings is 1. The molecule has 2 fully saturated rings. The number of benzene rings is 2. The van der Waals surface area contributed by atoms with Crippen LogP contribution in [-0.2, 0) is 4.79 Å². The van der Waals surface area contributed by atoms with Crippen molar-refractivity contribution in [2.45, 2.75) is 57.9 Å². The van der Waals surface area contributed by atoms with E-state index in [0.717, 1.165) is 61.4 Å². The van der Waals surface area contributed by atoms with E-state index in [1.165, 1.54) is 5.56 Å². The maximum Gasteiger partial charge on any atom is 0.319 e. The minimum Gasteiger partial charge on any atom is -0.457 e. The number of pyridine rings is 1. The van der Waals surface area contributed by atoms with Gasteiger partial charge in [-0.05, 0) is 99.1 Å². The van der Waals surface area contributed by atoms with Crippen molar-refractivity contribution in [3.8, 4) is 11.5 Å². The Kier molecular flexibility index (Phi) is 9.55. The smallest absolute Gasteiger partial charge is 0.319 e. The van der Waals surface area contributed by atoms with Gasteiger partial charge in [0.2, 0.25) is 5.91 Å². The fourth-order valence-corrected chi connectivity index (χ4v) is 5.13. The molecule has 10 heteroatoms. The number of nitrogens with one attached hydrogen (secondary N) is 4. The summed E-state index contributed by atoms with van der Waals surface area (Å²) in [4.78, 5) is 31.2. The standard InChI is InChI=1S/C32H40N6O4/c1-3-31(40)36-29-19-23(22-11-14-38(15-12-22)16-17-39)4-8-28(29)35-30-20-26(10-13-33-30)42-25-7-9-27(21(2)18-25)37-32(41)34-24-5-6-24/h4,7-10,13,18-20,22,24,39H,3,5-6,11-12,14-17H2,1-2H3,(H,33,35)(H,36,40)(H2,34,37,41). The number of likely N-dealkylation sites (tertiary alicyclic amines) is 1. The number of aryl methyl sites for hydroxylation is 1. The van der Waals surface area contributed by atoms with Gasteiger partial charge >= 0.3 is 6.03 Å². The van der Waals surface area contributed by atoms with Gasteiger partial charge in [0.15, 0.2) is 0 Å². The van der Waals surface area contributed by atoms with Crippen molar-refractivity contribution < 1.29 is 19.4 Å². The Morgan fingerprint density at radius 2 is 1.71 bits per heavy atom. The third kappa shape index (κ3) is 7.98. The Labute approximate surface area is 246 Å². The number of amides is 3. The Bertz CT molecular complexity index is 1400. The van der Waals surface area contributed by atoms with E-state index in [-0.39, 0.29) is 18.5 Å². The second-order valence-corrected chi connectivity index (χ2v) is 11.0. The number of carbonyl (C=O) groups excluding carboxylic acids is 2. The highest BCUT2D eigenvalue weighted by molar-refractivity contribution is 5.95. The van der Waals surface area contributed by atoms with Crippen LogP contribution in [0.5, 0.6) is 11.5 Å². The van der Waals surface area contributed by atoms with E-state index in [0.29, 0.717) is 42.2 Å². The summed E-state index contributed by atoms with van der Waals surface area (Å²) in [5, 5.41) is 21.5. The van der Waals surface area contributed by atoms with E-state index in [1.54, 1.807) is 18.3 Å². The predicted octanol–water partition coefficient (Wildman–Crippen LogP) is 5.73. The molecule has 42 heavy (non-hydrogen) atoms. The molecule has 222 valence electrons. The van der Waals surface area contributed by atoms with Crippen LogP contribution in [0.4, 0.5) is 27.7 Å². The maximum absolute atomic E-state index is 12.4. The van der Waals surface area contributed by atoms with Crippen LogP contribution in [-0.4, -0.2) is 59.2 Å². The summed E-state index contributed by atoms with van der Waals surface area (Å²) in [6.07, 6.45) is 6.14. The third-order valence-corrected chi connectivity index (χ3v) is 7.70. The van der Waals surface area contributed by atoms with Crippen molar-refractivity contribution >= 4 is 34.8 Å². The van der Waals surface area contributed by atoms with Crippen LogP contribution in [0.15, 0.2) is 54.7 Å². The molecule has 0 unspecified atom stereocenters. The molecule has 2 heterocycles. The Morgan fingerprint density at radius 1 is 0.952 bits per heavy atom. The molecule has 0 bridgehead atoms.